The minimum Gasteiger partial charge on any atom is -0.504 e. The summed E-state index contributed by atoms with van der Waals surface area (Å²) in [7, 11) is 2.93. The third-order valence-corrected chi connectivity index (χ3v) is 11.6. The number of phenols is 2. The highest BCUT2D eigenvalue weighted by Crippen LogP contribution is 2.37. The van der Waals surface area contributed by atoms with Crippen LogP contribution >= 0.6 is 23.2 Å². The van der Waals surface area contributed by atoms with Gasteiger partial charge in [-0.3, -0.25) is 9.59 Å². The first-order chi connectivity index (χ1) is 31.9. The Hall–Kier alpha value is -6.68. The van der Waals surface area contributed by atoms with Crippen LogP contribution in [0.2, 0.25) is 10.0 Å². The second-order valence-electron chi connectivity index (χ2n) is 17.3. The molecule has 6 N–H and O–H groups in total. The number of anilines is 4. The molecule has 2 aromatic heterocycles. The number of hydrogen-bond acceptors (Lipinski definition) is 13. The summed E-state index contributed by atoms with van der Waals surface area (Å²) in [6, 6.07) is 16.9. The zero-order valence-electron chi connectivity index (χ0n) is 38.4. The molecule has 352 valence electrons. The van der Waals surface area contributed by atoms with Gasteiger partial charge in [0, 0.05) is 69.3 Å². The van der Waals surface area contributed by atoms with Gasteiger partial charge in [0.25, 0.3) is 0 Å². The Morgan fingerprint density at radius 2 is 1.06 bits per heavy atom. The number of amides is 2. The molecule has 0 fully saturated rings. The van der Waals surface area contributed by atoms with Crippen LogP contribution in [0, 0.1) is 11.8 Å². The van der Waals surface area contributed by atoms with Crippen LogP contribution in [0.5, 0.6) is 23.0 Å². The van der Waals surface area contributed by atoms with Crippen LogP contribution < -0.4 is 30.7 Å². The van der Waals surface area contributed by atoms with E-state index < -0.39 is 23.0 Å². The lowest BCUT2D eigenvalue weighted by Crippen LogP contribution is -2.43. The number of rotatable bonds is 22. The molecule has 4 aromatic carbocycles. The first-order valence-electron chi connectivity index (χ1n) is 21.5. The van der Waals surface area contributed by atoms with Gasteiger partial charge < -0.3 is 45.7 Å². The van der Waals surface area contributed by atoms with Crippen LogP contribution in [-0.4, -0.2) is 67.4 Å². The molecule has 2 heterocycles. The molecule has 0 aliphatic heterocycles. The molecule has 15 nitrogen and oxygen atoms in total. The summed E-state index contributed by atoms with van der Waals surface area (Å²) in [4.78, 5) is 45.3. The molecule has 0 saturated heterocycles. The molecule has 0 aliphatic carbocycles. The van der Waals surface area contributed by atoms with Crippen molar-refractivity contribution in [1.29, 1.82) is 0 Å². The van der Waals surface area contributed by atoms with Crippen LogP contribution in [0.15, 0.2) is 98.6 Å². The van der Waals surface area contributed by atoms with Crippen molar-refractivity contribution in [3.63, 3.8) is 0 Å². The van der Waals surface area contributed by atoms with Crippen LogP contribution in [-0.2, 0) is 27.4 Å². The number of phenolic OH excluding ortho intramolecular Hbond substituents is 2. The molecule has 0 bridgehead atoms. The third kappa shape index (κ3) is 12.8. The van der Waals surface area contributed by atoms with E-state index in [9.17, 15) is 19.8 Å². The van der Waals surface area contributed by atoms with Gasteiger partial charge in [-0.2, -0.15) is 0 Å². The maximum absolute atomic E-state index is 13.9. The molecule has 0 radical (unpaired) electrons. The number of ether oxygens (including phenoxy) is 3. The Bertz CT molecular complexity index is 2600. The van der Waals surface area contributed by atoms with E-state index in [1.165, 1.54) is 39.0 Å². The van der Waals surface area contributed by atoms with Gasteiger partial charge in [-0.15, -0.1) is 13.2 Å². The van der Waals surface area contributed by atoms with Crippen LogP contribution in [0.1, 0.15) is 64.5 Å². The van der Waals surface area contributed by atoms with E-state index >= 15 is 0 Å². The molecule has 17 heteroatoms. The van der Waals surface area contributed by atoms with E-state index in [-0.39, 0.29) is 47.9 Å². The number of allylic oxidation sites excluding steroid dienone is 2. The molecule has 67 heavy (non-hydrogen) atoms. The van der Waals surface area contributed by atoms with E-state index in [4.69, 9.17) is 37.4 Å². The number of nitrogens with one attached hydrogen (secondary N) is 4. The van der Waals surface area contributed by atoms with E-state index in [2.05, 4.69) is 54.4 Å². The van der Waals surface area contributed by atoms with Crippen LogP contribution in [0.4, 0.5) is 23.0 Å². The minimum absolute atomic E-state index is 0.0632. The molecule has 6 aromatic rings. The lowest BCUT2D eigenvalue weighted by Gasteiger charge is -2.39. The first-order valence-corrected chi connectivity index (χ1v) is 22.3. The predicted octanol–water partition coefficient (Wildman–Crippen LogP) is 10.5. The normalized spacial score (nSPS) is 12.5. The molecule has 6 rings (SSSR count). The number of aromatic hydroxyl groups is 2. The summed E-state index contributed by atoms with van der Waals surface area (Å²) in [5, 5.41) is 35.8. The number of halogens is 2. The zero-order valence-corrected chi connectivity index (χ0v) is 39.9. The lowest BCUT2D eigenvalue weighted by molar-refractivity contribution is -0.151. The summed E-state index contributed by atoms with van der Waals surface area (Å²) in [6.45, 7) is 15.9. The van der Waals surface area contributed by atoms with Crippen molar-refractivity contribution in [3.05, 3.63) is 120 Å². The first kappa shape index (κ1) is 49.7. The molecule has 2 unspecified atom stereocenters. The summed E-state index contributed by atoms with van der Waals surface area (Å²) >= 11 is 12.9. The fourth-order valence-corrected chi connectivity index (χ4v) is 8.55. The van der Waals surface area contributed by atoms with Crippen molar-refractivity contribution >= 4 is 79.8 Å². The highest BCUT2D eigenvalue weighted by atomic mass is 35.5. The Balaban J connectivity index is 1.09. The zero-order chi connectivity index (χ0) is 48.5. The number of carbonyl (C=O) groups excluding carboxylic acids is 2. The summed E-state index contributed by atoms with van der Waals surface area (Å²) < 4.78 is 17.3. The quantitative estimate of drug-likeness (QED) is 0.0351. The van der Waals surface area contributed by atoms with E-state index in [0.29, 0.717) is 80.5 Å². The number of aromatic nitrogens is 4. The van der Waals surface area contributed by atoms with Gasteiger partial charge in [0.1, 0.15) is 24.3 Å². The average Bonchev–Trinajstić information content (AvgIpc) is 3.27. The van der Waals surface area contributed by atoms with Gasteiger partial charge in [-0.25, -0.2) is 19.9 Å². The lowest BCUT2D eigenvalue weighted by atomic mass is 9.86. The van der Waals surface area contributed by atoms with Crippen LogP contribution in [0.25, 0.3) is 21.8 Å². The van der Waals surface area contributed by atoms with Gasteiger partial charge in [0.2, 0.25) is 11.8 Å². The summed E-state index contributed by atoms with van der Waals surface area (Å²) in [5.74, 6) is -0.0536. The third-order valence-electron chi connectivity index (χ3n) is 11.1. The van der Waals surface area contributed by atoms with Gasteiger partial charge >= 0.3 is 0 Å². The van der Waals surface area contributed by atoms with Crippen molar-refractivity contribution in [1.82, 2.24) is 30.6 Å². The second-order valence-corrected chi connectivity index (χ2v) is 18.2. The molecular weight excluding hydrogens is 896 g/mol. The molecule has 0 aliphatic rings. The van der Waals surface area contributed by atoms with Crippen LogP contribution in [0.3, 0.4) is 0 Å². The van der Waals surface area contributed by atoms with Gasteiger partial charge in [0.05, 0.1) is 36.5 Å². The van der Waals surface area contributed by atoms with E-state index in [1.807, 2.05) is 39.8 Å². The number of methoxy groups -OCH3 is 2. The second kappa shape index (κ2) is 21.7. The molecule has 0 saturated carbocycles. The maximum Gasteiger partial charge on any atom is 0.223 e. The van der Waals surface area contributed by atoms with E-state index in [0.717, 1.165) is 11.1 Å². The fourth-order valence-electron chi connectivity index (χ4n) is 8.20. The predicted molar refractivity (Wildman–Crippen MR) is 264 cm³/mol. The molecular formula is C50H56Cl2N8O7. The monoisotopic (exact) mass is 950 g/mol. The van der Waals surface area contributed by atoms with Crippen molar-refractivity contribution in [3.8, 4) is 23.0 Å². The smallest absolute Gasteiger partial charge is 0.223 e. The summed E-state index contributed by atoms with van der Waals surface area (Å²) in [5.41, 5.74) is 2.23. The van der Waals surface area contributed by atoms with Gasteiger partial charge in [-0.05, 0) is 101 Å². The molecule has 2 atom stereocenters. The topological polar surface area (TPSA) is 202 Å². The number of nitrogens with zero attached hydrogens (tertiary/aromatic N) is 4. The maximum atomic E-state index is 13.9. The number of hydrogen-bond donors (Lipinski definition) is 6. The molecule has 0 spiro atoms. The fraction of sp³-hybridized carbons (Fsp3) is 0.320. The Kier molecular flexibility index (Phi) is 16.1. The van der Waals surface area contributed by atoms with Gasteiger partial charge in [-0.1, -0.05) is 47.5 Å². The van der Waals surface area contributed by atoms with Crippen molar-refractivity contribution < 1.29 is 34.0 Å². The van der Waals surface area contributed by atoms with Crippen molar-refractivity contribution in [2.75, 3.05) is 24.9 Å². The van der Waals surface area contributed by atoms with E-state index in [1.54, 1.807) is 48.6 Å². The Morgan fingerprint density at radius 1 is 0.657 bits per heavy atom. The largest absolute Gasteiger partial charge is 0.504 e. The SMILES string of the molecule is C=CCC(CC(C)(C)OC(C)(C)CC(CC=C)C(=O)NCc1ccc(Cl)cc1Nc1ncnc2cc(OC)c(O)cc12)C(=O)NCc1ccc(Cl)cc1Nc1ncnc2cc(OC)c(O)cc12. The minimum atomic E-state index is -0.796. The average molecular weight is 952 g/mol. The molecule has 2 amide bonds. The van der Waals surface area contributed by atoms with Gasteiger partial charge in [0.15, 0.2) is 23.0 Å². The Labute approximate surface area is 400 Å². The number of carbonyl (C=O) groups is 2. The Morgan fingerprint density at radius 3 is 1.43 bits per heavy atom. The standard InChI is InChI=1S/C50H56Cl2N8O7/c1-9-11-29(47(63)53-25-31-13-15-33(51)17-37(31)59-45-35-19-41(61)43(65-7)21-39(35)55-27-57-45)23-49(3,4)67-50(5,6)24-30(12-10-2)48(64)54-26-32-14-16-34(52)18-38(32)60-46-36-20-42(62)44(66-8)22-40(36)56-28-58-46/h9-10,13-22,27-30,61-62H,1-2,11-12,23-26H2,3-8H3,(H,53,63)(H,54,64)(H,55,57,59)(H,56,58,60). The highest BCUT2D eigenvalue weighted by molar-refractivity contribution is 6.31. The highest BCUT2D eigenvalue weighted by Gasteiger charge is 2.36. The van der Waals surface area contributed by atoms with Crippen molar-refractivity contribution in [2.24, 2.45) is 11.8 Å². The number of fused-ring (bicyclic) bond motifs is 2. The number of benzene rings is 4. The van der Waals surface area contributed by atoms with Crippen molar-refractivity contribution in [2.45, 2.75) is 77.7 Å². The summed E-state index contributed by atoms with van der Waals surface area (Å²) in [6.07, 6.45) is 7.77.